The molecule has 1 saturated heterocycles. The van der Waals surface area contributed by atoms with E-state index in [4.69, 9.17) is 0 Å². The summed E-state index contributed by atoms with van der Waals surface area (Å²) in [4.78, 5) is 14.7. The third-order valence-electron chi connectivity index (χ3n) is 5.50. The summed E-state index contributed by atoms with van der Waals surface area (Å²) in [6.45, 7) is 5.19. The Labute approximate surface area is 116 Å². The lowest BCUT2D eigenvalue weighted by atomic mass is 9.92. The standard InChI is InChI=1S/C15H27N3O/c1-11(18(2)12-3-4-12)10-17-14(19)13-9-15(13)5-7-16-8-6-15/h11-13,16H,3-10H2,1-2H3,(H,17,19). The molecule has 4 heteroatoms. The van der Waals surface area contributed by atoms with E-state index in [0.29, 0.717) is 23.3 Å². The summed E-state index contributed by atoms with van der Waals surface area (Å²) in [5.74, 6) is 0.603. The highest BCUT2D eigenvalue weighted by Gasteiger charge is 2.57. The van der Waals surface area contributed by atoms with Crippen molar-refractivity contribution >= 4 is 5.91 Å². The van der Waals surface area contributed by atoms with Crippen LogP contribution in [0.25, 0.3) is 0 Å². The van der Waals surface area contributed by atoms with Gasteiger partial charge >= 0.3 is 0 Å². The number of hydrogen-bond donors (Lipinski definition) is 2. The van der Waals surface area contributed by atoms with E-state index in [2.05, 4.69) is 29.5 Å². The summed E-state index contributed by atoms with van der Waals surface area (Å²) < 4.78 is 0. The van der Waals surface area contributed by atoms with Gasteiger partial charge in [0.05, 0.1) is 0 Å². The molecular formula is C15H27N3O. The molecule has 3 fully saturated rings. The van der Waals surface area contributed by atoms with Crippen LogP contribution in [0.15, 0.2) is 0 Å². The molecule has 1 heterocycles. The van der Waals surface area contributed by atoms with Crippen LogP contribution in [0.2, 0.25) is 0 Å². The fourth-order valence-corrected chi connectivity index (χ4v) is 3.55. The van der Waals surface area contributed by atoms with Gasteiger partial charge in [-0.2, -0.15) is 0 Å². The number of carbonyl (C=O) groups excluding carboxylic acids is 1. The van der Waals surface area contributed by atoms with E-state index in [1.165, 1.54) is 25.7 Å². The zero-order valence-electron chi connectivity index (χ0n) is 12.2. The van der Waals surface area contributed by atoms with Crippen molar-refractivity contribution in [2.24, 2.45) is 11.3 Å². The Bertz CT molecular complexity index is 347. The number of nitrogens with zero attached hydrogens (tertiary/aromatic N) is 1. The number of amides is 1. The summed E-state index contributed by atoms with van der Waals surface area (Å²) in [7, 11) is 2.18. The highest BCUT2D eigenvalue weighted by Crippen LogP contribution is 2.58. The highest BCUT2D eigenvalue weighted by atomic mass is 16.2. The Morgan fingerprint density at radius 1 is 1.42 bits per heavy atom. The Balaban J connectivity index is 1.42. The maximum atomic E-state index is 12.2. The SMILES string of the molecule is CC(CNC(=O)C1CC12CCNCC2)N(C)C1CC1. The van der Waals surface area contributed by atoms with Crippen molar-refractivity contribution in [2.75, 3.05) is 26.7 Å². The summed E-state index contributed by atoms with van der Waals surface area (Å²) in [5.41, 5.74) is 0.362. The predicted molar refractivity (Wildman–Crippen MR) is 75.9 cm³/mol. The van der Waals surface area contributed by atoms with Gasteiger partial charge in [0.15, 0.2) is 0 Å². The van der Waals surface area contributed by atoms with E-state index in [9.17, 15) is 4.79 Å². The number of likely N-dealkylation sites (N-methyl/N-ethyl adjacent to an activating group) is 1. The fraction of sp³-hybridized carbons (Fsp3) is 0.933. The third kappa shape index (κ3) is 2.79. The fourth-order valence-electron chi connectivity index (χ4n) is 3.55. The maximum absolute atomic E-state index is 12.2. The number of rotatable bonds is 5. The van der Waals surface area contributed by atoms with Gasteiger partial charge in [0.1, 0.15) is 0 Å². The van der Waals surface area contributed by atoms with Gasteiger partial charge in [-0.3, -0.25) is 9.69 Å². The van der Waals surface area contributed by atoms with Crippen LogP contribution in [0.3, 0.4) is 0 Å². The Kier molecular flexibility index (Phi) is 3.56. The van der Waals surface area contributed by atoms with E-state index in [-0.39, 0.29) is 0 Å². The van der Waals surface area contributed by atoms with Gasteiger partial charge in [-0.25, -0.2) is 0 Å². The van der Waals surface area contributed by atoms with Crippen molar-refractivity contribution in [3.8, 4) is 0 Å². The lowest BCUT2D eigenvalue weighted by Crippen LogP contribution is -2.42. The minimum Gasteiger partial charge on any atom is -0.354 e. The molecule has 2 unspecified atom stereocenters. The first-order chi connectivity index (χ1) is 9.12. The van der Waals surface area contributed by atoms with Gasteiger partial charge in [-0.1, -0.05) is 0 Å². The molecule has 0 aromatic carbocycles. The topological polar surface area (TPSA) is 44.4 Å². The van der Waals surface area contributed by atoms with Crippen LogP contribution >= 0.6 is 0 Å². The molecule has 4 nitrogen and oxygen atoms in total. The van der Waals surface area contributed by atoms with Gasteiger partial charge in [-0.15, -0.1) is 0 Å². The second-order valence-corrected chi connectivity index (χ2v) is 6.86. The van der Waals surface area contributed by atoms with Crippen LogP contribution in [0.5, 0.6) is 0 Å². The summed E-state index contributed by atoms with van der Waals surface area (Å²) in [5, 5.41) is 6.56. The predicted octanol–water partition coefficient (Wildman–Crippen LogP) is 0.975. The largest absolute Gasteiger partial charge is 0.354 e. The molecule has 3 aliphatic rings. The second-order valence-electron chi connectivity index (χ2n) is 6.86. The lowest BCUT2D eigenvalue weighted by Gasteiger charge is -2.26. The average Bonchev–Trinajstić information content (AvgIpc) is 3.32. The first-order valence-corrected chi connectivity index (χ1v) is 7.83. The first kappa shape index (κ1) is 13.4. The van der Waals surface area contributed by atoms with Crippen molar-refractivity contribution in [1.29, 1.82) is 0 Å². The number of carbonyl (C=O) groups is 1. The van der Waals surface area contributed by atoms with Crippen LogP contribution in [-0.4, -0.2) is 49.6 Å². The first-order valence-electron chi connectivity index (χ1n) is 7.83. The molecule has 0 aromatic rings. The molecule has 1 amide bonds. The molecule has 1 aliphatic heterocycles. The molecule has 3 rings (SSSR count). The summed E-state index contributed by atoms with van der Waals surface area (Å²) >= 11 is 0. The van der Waals surface area contributed by atoms with Gasteiger partial charge in [0, 0.05) is 24.5 Å². The zero-order valence-corrected chi connectivity index (χ0v) is 12.2. The smallest absolute Gasteiger partial charge is 0.223 e. The van der Waals surface area contributed by atoms with Crippen LogP contribution in [-0.2, 0) is 4.79 Å². The maximum Gasteiger partial charge on any atom is 0.223 e. The van der Waals surface area contributed by atoms with Crippen LogP contribution < -0.4 is 10.6 Å². The zero-order chi connectivity index (χ0) is 13.5. The van der Waals surface area contributed by atoms with E-state index >= 15 is 0 Å². The molecule has 2 atom stereocenters. The van der Waals surface area contributed by atoms with Crippen molar-refractivity contribution in [2.45, 2.75) is 51.1 Å². The van der Waals surface area contributed by atoms with E-state index in [1.807, 2.05) is 0 Å². The molecule has 0 aromatic heterocycles. The quantitative estimate of drug-likeness (QED) is 0.779. The molecule has 0 radical (unpaired) electrons. The molecule has 1 spiro atoms. The third-order valence-corrected chi connectivity index (χ3v) is 5.50. The number of hydrogen-bond acceptors (Lipinski definition) is 3. The van der Waals surface area contributed by atoms with Crippen molar-refractivity contribution < 1.29 is 4.79 Å². The lowest BCUT2D eigenvalue weighted by molar-refractivity contribution is -0.123. The molecule has 2 saturated carbocycles. The van der Waals surface area contributed by atoms with Gasteiger partial charge in [0.25, 0.3) is 0 Å². The summed E-state index contributed by atoms with van der Waals surface area (Å²) in [6, 6.07) is 1.22. The molecule has 2 N–H and O–H groups in total. The van der Waals surface area contributed by atoms with Crippen LogP contribution in [0.1, 0.15) is 39.0 Å². The van der Waals surface area contributed by atoms with E-state index < -0.39 is 0 Å². The molecule has 2 aliphatic carbocycles. The Hall–Kier alpha value is -0.610. The van der Waals surface area contributed by atoms with Crippen molar-refractivity contribution in [1.82, 2.24) is 15.5 Å². The van der Waals surface area contributed by atoms with Crippen LogP contribution in [0.4, 0.5) is 0 Å². The Morgan fingerprint density at radius 2 is 2.11 bits per heavy atom. The van der Waals surface area contributed by atoms with Crippen molar-refractivity contribution in [3.63, 3.8) is 0 Å². The van der Waals surface area contributed by atoms with Gasteiger partial charge in [0.2, 0.25) is 5.91 Å². The molecule has 108 valence electrons. The molecule has 0 bridgehead atoms. The van der Waals surface area contributed by atoms with E-state index in [0.717, 1.165) is 32.1 Å². The van der Waals surface area contributed by atoms with E-state index in [1.54, 1.807) is 0 Å². The summed E-state index contributed by atoms with van der Waals surface area (Å²) in [6.07, 6.45) is 6.14. The normalized spacial score (nSPS) is 30.4. The Morgan fingerprint density at radius 3 is 2.74 bits per heavy atom. The highest BCUT2D eigenvalue weighted by molar-refractivity contribution is 5.82. The van der Waals surface area contributed by atoms with Crippen LogP contribution in [0, 0.1) is 11.3 Å². The number of nitrogens with one attached hydrogen (secondary N) is 2. The van der Waals surface area contributed by atoms with Gasteiger partial charge in [-0.05, 0) is 64.6 Å². The average molecular weight is 265 g/mol. The minimum atomic E-state index is 0.299. The molecule has 19 heavy (non-hydrogen) atoms. The van der Waals surface area contributed by atoms with Gasteiger partial charge < -0.3 is 10.6 Å². The molecular weight excluding hydrogens is 238 g/mol. The van der Waals surface area contributed by atoms with Crippen molar-refractivity contribution in [3.05, 3.63) is 0 Å². The number of piperidine rings is 1. The minimum absolute atomic E-state index is 0.299. The second kappa shape index (κ2) is 5.06. The monoisotopic (exact) mass is 265 g/mol.